The van der Waals surface area contributed by atoms with E-state index in [1.807, 2.05) is 0 Å². The summed E-state index contributed by atoms with van der Waals surface area (Å²) < 4.78 is 2.08. The number of nitrogens with one attached hydrogen (secondary N) is 1. The van der Waals surface area contributed by atoms with Crippen LogP contribution in [0.3, 0.4) is 0 Å². The van der Waals surface area contributed by atoms with Gasteiger partial charge in [0.25, 0.3) is 0 Å². The van der Waals surface area contributed by atoms with Crippen LogP contribution >= 0.6 is 11.3 Å². The number of aromatic nitrogens is 3. The second kappa shape index (κ2) is 7.18. The molecule has 2 heterocycles. The van der Waals surface area contributed by atoms with E-state index in [2.05, 4.69) is 60.1 Å². The van der Waals surface area contributed by atoms with Crippen LogP contribution in [0.2, 0.25) is 0 Å². The Kier molecular flexibility index (Phi) is 5.53. The van der Waals surface area contributed by atoms with Gasteiger partial charge in [-0.05, 0) is 32.7 Å². The number of rotatable bonds is 7. The highest BCUT2D eigenvalue weighted by Crippen LogP contribution is 2.16. The van der Waals surface area contributed by atoms with Crippen LogP contribution in [0.25, 0.3) is 0 Å². The Morgan fingerprint density at radius 3 is 2.71 bits per heavy atom. The standard InChI is InChI=1S/C16H26N4S/c1-6-16-18-14(10-21-16)9-20-13(5)15(12(4)19-20)8-17-7-11(2)3/h10-11,17H,6-9H2,1-5H3. The van der Waals surface area contributed by atoms with Crippen LogP contribution in [-0.4, -0.2) is 21.3 Å². The Morgan fingerprint density at radius 2 is 2.10 bits per heavy atom. The average molecular weight is 306 g/mol. The van der Waals surface area contributed by atoms with Gasteiger partial charge in [0, 0.05) is 23.2 Å². The molecule has 0 aliphatic rings. The largest absolute Gasteiger partial charge is 0.312 e. The smallest absolute Gasteiger partial charge is 0.0926 e. The first-order valence-corrected chi connectivity index (χ1v) is 8.56. The lowest BCUT2D eigenvalue weighted by molar-refractivity contribution is 0.550. The van der Waals surface area contributed by atoms with Crippen molar-refractivity contribution >= 4 is 11.3 Å². The molecular formula is C16H26N4S. The number of thiazole rings is 1. The lowest BCUT2D eigenvalue weighted by Crippen LogP contribution is -2.19. The number of nitrogens with zero attached hydrogens (tertiary/aromatic N) is 3. The van der Waals surface area contributed by atoms with E-state index in [-0.39, 0.29) is 0 Å². The van der Waals surface area contributed by atoms with Crippen LogP contribution in [0.5, 0.6) is 0 Å². The summed E-state index contributed by atoms with van der Waals surface area (Å²) in [5.74, 6) is 0.670. The summed E-state index contributed by atoms with van der Waals surface area (Å²) in [6.07, 6.45) is 1.01. The summed E-state index contributed by atoms with van der Waals surface area (Å²) in [5.41, 5.74) is 4.80. The molecule has 0 saturated carbocycles. The summed E-state index contributed by atoms with van der Waals surface area (Å²) >= 11 is 1.74. The van der Waals surface area contributed by atoms with Gasteiger partial charge in [-0.1, -0.05) is 20.8 Å². The van der Waals surface area contributed by atoms with Gasteiger partial charge in [-0.25, -0.2) is 4.98 Å². The average Bonchev–Trinajstić information content (AvgIpc) is 2.98. The Balaban J connectivity index is 2.07. The Bertz CT molecular complexity index is 583. The molecule has 0 spiro atoms. The van der Waals surface area contributed by atoms with Crippen molar-refractivity contribution in [1.82, 2.24) is 20.1 Å². The van der Waals surface area contributed by atoms with Crippen LogP contribution in [0.15, 0.2) is 5.38 Å². The summed E-state index contributed by atoms with van der Waals surface area (Å²) in [5, 5.41) is 11.5. The topological polar surface area (TPSA) is 42.7 Å². The van der Waals surface area contributed by atoms with Gasteiger partial charge in [0.2, 0.25) is 0 Å². The normalized spacial score (nSPS) is 11.5. The minimum absolute atomic E-state index is 0.670. The summed E-state index contributed by atoms with van der Waals surface area (Å²) in [4.78, 5) is 4.63. The van der Waals surface area contributed by atoms with Crippen LogP contribution < -0.4 is 5.32 Å². The predicted octanol–water partition coefficient (Wildman–Crippen LogP) is 3.31. The summed E-state index contributed by atoms with van der Waals surface area (Å²) in [7, 11) is 0. The molecule has 0 radical (unpaired) electrons. The molecule has 0 amide bonds. The monoisotopic (exact) mass is 306 g/mol. The molecule has 116 valence electrons. The lowest BCUT2D eigenvalue weighted by Gasteiger charge is -2.08. The van der Waals surface area contributed by atoms with E-state index in [4.69, 9.17) is 0 Å². The Hall–Kier alpha value is -1.20. The third-order valence-corrected chi connectivity index (χ3v) is 4.64. The molecule has 0 aliphatic heterocycles. The molecule has 0 saturated heterocycles. The fraction of sp³-hybridized carbons (Fsp3) is 0.625. The van der Waals surface area contributed by atoms with Crippen molar-refractivity contribution in [2.24, 2.45) is 5.92 Å². The van der Waals surface area contributed by atoms with E-state index in [9.17, 15) is 0 Å². The van der Waals surface area contributed by atoms with Crippen molar-refractivity contribution in [2.75, 3.05) is 6.54 Å². The first kappa shape index (κ1) is 16.2. The van der Waals surface area contributed by atoms with E-state index >= 15 is 0 Å². The summed E-state index contributed by atoms with van der Waals surface area (Å²) in [6.45, 7) is 13.5. The first-order valence-electron chi connectivity index (χ1n) is 7.68. The highest BCUT2D eigenvalue weighted by Gasteiger charge is 2.12. The fourth-order valence-corrected chi connectivity index (χ4v) is 3.10. The van der Waals surface area contributed by atoms with Crippen molar-refractivity contribution in [3.05, 3.63) is 33.0 Å². The second-order valence-corrected chi connectivity index (χ2v) is 6.86. The first-order chi connectivity index (χ1) is 10.0. The lowest BCUT2D eigenvalue weighted by atomic mass is 10.2. The second-order valence-electron chi connectivity index (χ2n) is 5.92. The highest BCUT2D eigenvalue weighted by molar-refractivity contribution is 7.09. The maximum atomic E-state index is 4.68. The van der Waals surface area contributed by atoms with Crippen molar-refractivity contribution in [1.29, 1.82) is 0 Å². The van der Waals surface area contributed by atoms with Gasteiger partial charge in [-0.3, -0.25) is 4.68 Å². The van der Waals surface area contributed by atoms with Crippen molar-refractivity contribution in [2.45, 2.75) is 54.1 Å². The number of hydrogen-bond acceptors (Lipinski definition) is 4. The molecule has 0 aliphatic carbocycles. The van der Waals surface area contributed by atoms with E-state index < -0.39 is 0 Å². The van der Waals surface area contributed by atoms with Gasteiger partial charge in [0.15, 0.2) is 0 Å². The fourth-order valence-electron chi connectivity index (χ4n) is 2.37. The molecule has 5 heteroatoms. The molecule has 0 unspecified atom stereocenters. The van der Waals surface area contributed by atoms with Gasteiger partial charge in [-0.2, -0.15) is 5.10 Å². The molecule has 2 aromatic rings. The molecule has 1 N–H and O–H groups in total. The molecule has 0 fully saturated rings. The van der Waals surface area contributed by atoms with Gasteiger partial charge in [0.1, 0.15) is 0 Å². The SMILES string of the molecule is CCc1nc(Cn2nc(C)c(CNCC(C)C)c2C)cs1. The van der Waals surface area contributed by atoms with Gasteiger partial charge in [0.05, 0.1) is 22.9 Å². The Morgan fingerprint density at radius 1 is 1.33 bits per heavy atom. The van der Waals surface area contributed by atoms with Crippen LogP contribution in [0.1, 0.15) is 48.4 Å². The van der Waals surface area contributed by atoms with Gasteiger partial charge in [-0.15, -0.1) is 11.3 Å². The molecule has 0 atom stereocenters. The van der Waals surface area contributed by atoms with Crippen molar-refractivity contribution < 1.29 is 0 Å². The Labute approximate surface area is 131 Å². The van der Waals surface area contributed by atoms with Crippen molar-refractivity contribution in [3.63, 3.8) is 0 Å². The van der Waals surface area contributed by atoms with E-state index in [0.717, 1.165) is 37.4 Å². The van der Waals surface area contributed by atoms with Crippen LogP contribution in [0.4, 0.5) is 0 Å². The zero-order valence-electron chi connectivity index (χ0n) is 13.7. The molecule has 0 aromatic carbocycles. The maximum Gasteiger partial charge on any atom is 0.0926 e. The zero-order valence-corrected chi connectivity index (χ0v) is 14.5. The third kappa shape index (κ3) is 4.14. The highest BCUT2D eigenvalue weighted by atomic mass is 32.1. The van der Waals surface area contributed by atoms with Crippen LogP contribution in [-0.2, 0) is 19.5 Å². The quantitative estimate of drug-likeness (QED) is 0.853. The molecule has 0 bridgehead atoms. The minimum atomic E-state index is 0.670. The van der Waals surface area contributed by atoms with E-state index in [1.165, 1.54) is 16.3 Å². The predicted molar refractivity (Wildman–Crippen MR) is 88.8 cm³/mol. The molecule has 21 heavy (non-hydrogen) atoms. The minimum Gasteiger partial charge on any atom is -0.312 e. The van der Waals surface area contributed by atoms with E-state index in [1.54, 1.807) is 11.3 Å². The number of aryl methyl sites for hydroxylation is 2. The molecule has 2 aromatic heterocycles. The molecular weight excluding hydrogens is 280 g/mol. The van der Waals surface area contributed by atoms with Gasteiger partial charge < -0.3 is 5.32 Å². The summed E-state index contributed by atoms with van der Waals surface area (Å²) in [6, 6.07) is 0. The van der Waals surface area contributed by atoms with Crippen LogP contribution in [0, 0.1) is 19.8 Å². The zero-order chi connectivity index (χ0) is 15.4. The molecule has 4 nitrogen and oxygen atoms in total. The third-order valence-electron chi connectivity index (χ3n) is 3.60. The molecule has 2 rings (SSSR count). The number of hydrogen-bond donors (Lipinski definition) is 1. The van der Waals surface area contributed by atoms with Gasteiger partial charge >= 0.3 is 0 Å². The van der Waals surface area contributed by atoms with E-state index in [0.29, 0.717) is 5.92 Å². The maximum absolute atomic E-state index is 4.68. The van der Waals surface area contributed by atoms with Crippen molar-refractivity contribution in [3.8, 4) is 0 Å².